The molecule has 0 aromatic carbocycles. The molecular formula is C14H25N3. The van der Waals surface area contributed by atoms with Gasteiger partial charge in [0.05, 0.1) is 0 Å². The van der Waals surface area contributed by atoms with Crippen molar-refractivity contribution in [3.63, 3.8) is 0 Å². The summed E-state index contributed by atoms with van der Waals surface area (Å²) in [7, 11) is 2.11. The summed E-state index contributed by atoms with van der Waals surface area (Å²) in [6.07, 6.45) is 1.12. The van der Waals surface area contributed by atoms with Gasteiger partial charge in [-0.1, -0.05) is 26.8 Å². The number of hydrogen-bond donors (Lipinski definition) is 1. The highest BCUT2D eigenvalue weighted by Crippen LogP contribution is 2.18. The summed E-state index contributed by atoms with van der Waals surface area (Å²) >= 11 is 0. The van der Waals surface area contributed by atoms with Gasteiger partial charge in [-0.25, -0.2) is 4.98 Å². The van der Waals surface area contributed by atoms with Gasteiger partial charge in [0.1, 0.15) is 11.6 Å². The lowest BCUT2D eigenvalue weighted by atomic mass is 10.1. The quantitative estimate of drug-likeness (QED) is 0.819. The second kappa shape index (κ2) is 6.48. The molecule has 0 bridgehead atoms. The van der Waals surface area contributed by atoms with Crippen LogP contribution in [-0.2, 0) is 0 Å². The van der Waals surface area contributed by atoms with Gasteiger partial charge in [-0.15, -0.1) is 0 Å². The Morgan fingerprint density at radius 3 is 2.59 bits per heavy atom. The van der Waals surface area contributed by atoms with E-state index in [9.17, 15) is 0 Å². The highest BCUT2D eigenvalue weighted by atomic mass is 15.2. The Morgan fingerprint density at radius 1 is 1.29 bits per heavy atom. The Morgan fingerprint density at radius 2 is 2.00 bits per heavy atom. The van der Waals surface area contributed by atoms with Crippen molar-refractivity contribution in [3.8, 4) is 0 Å². The molecule has 1 aromatic heterocycles. The predicted octanol–water partition coefficient (Wildman–Crippen LogP) is 3.38. The summed E-state index contributed by atoms with van der Waals surface area (Å²) < 4.78 is 0. The van der Waals surface area contributed by atoms with E-state index in [0.29, 0.717) is 12.0 Å². The first-order chi connectivity index (χ1) is 8.06. The number of pyridine rings is 1. The van der Waals surface area contributed by atoms with Gasteiger partial charge in [0, 0.05) is 19.6 Å². The first-order valence-electron chi connectivity index (χ1n) is 6.50. The van der Waals surface area contributed by atoms with Crippen LogP contribution in [0.1, 0.15) is 34.1 Å². The van der Waals surface area contributed by atoms with Crippen LogP contribution in [-0.4, -0.2) is 24.6 Å². The molecule has 1 aromatic rings. The number of hydrogen-bond acceptors (Lipinski definition) is 3. The van der Waals surface area contributed by atoms with Crippen LogP contribution in [0.3, 0.4) is 0 Å². The monoisotopic (exact) mass is 235 g/mol. The first-order valence-corrected chi connectivity index (χ1v) is 6.50. The number of nitrogens with one attached hydrogen (secondary N) is 1. The minimum atomic E-state index is 0.490. The van der Waals surface area contributed by atoms with Crippen LogP contribution >= 0.6 is 0 Å². The van der Waals surface area contributed by atoms with Crippen LogP contribution in [0.4, 0.5) is 11.6 Å². The van der Waals surface area contributed by atoms with Crippen molar-refractivity contribution in [3.05, 3.63) is 18.2 Å². The Hall–Kier alpha value is -1.25. The average Bonchev–Trinajstić information content (AvgIpc) is 2.34. The molecule has 1 N–H and O–H groups in total. The highest BCUT2D eigenvalue weighted by Gasteiger charge is 2.14. The van der Waals surface area contributed by atoms with Gasteiger partial charge in [-0.05, 0) is 31.4 Å². The zero-order valence-electron chi connectivity index (χ0n) is 11.7. The minimum absolute atomic E-state index is 0.490. The molecule has 0 saturated heterocycles. The van der Waals surface area contributed by atoms with E-state index < -0.39 is 0 Å². The van der Waals surface area contributed by atoms with Crippen molar-refractivity contribution in [2.24, 2.45) is 5.92 Å². The first kappa shape index (κ1) is 13.8. The largest absolute Gasteiger partial charge is 0.370 e. The maximum absolute atomic E-state index is 4.63. The van der Waals surface area contributed by atoms with Gasteiger partial charge in [0.15, 0.2) is 0 Å². The van der Waals surface area contributed by atoms with Crippen molar-refractivity contribution in [2.75, 3.05) is 23.8 Å². The topological polar surface area (TPSA) is 28.2 Å². The number of aromatic nitrogens is 1. The van der Waals surface area contributed by atoms with Gasteiger partial charge in [-0.2, -0.15) is 0 Å². The molecule has 0 spiro atoms. The predicted molar refractivity (Wildman–Crippen MR) is 75.7 cm³/mol. The lowest BCUT2D eigenvalue weighted by molar-refractivity contribution is 0.503. The molecule has 3 nitrogen and oxygen atoms in total. The highest BCUT2D eigenvalue weighted by molar-refractivity contribution is 5.47. The fourth-order valence-electron chi connectivity index (χ4n) is 1.63. The Bertz CT molecular complexity index is 336. The van der Waals surface area contributed by atoms with Crippen LogP contribution in [0, 0.1) is 5.92 Å². The van der Waals surface area contributed by atoms with E-state index in [1.807, 2.05) is 6.07 Å². The SMILES string of the molecule is CCCNc1cccc(N(C)C(C)C(C)C)n1. The van der Waals surface area contributed by atoms with E-state index in [4.69, 9.17) is 0 Å². The lowest BCUT2D eigenvalue weighted by Gasteiger charge is -2.29. The maximum Gasteiger partial charge on any atom is 0.130 e. The summed E-state index contributed by atoms with van der Waals surface area (Å²) in [4.78, 5) is 6.87. The van der Waals surface area contributed by atoms with Crippen LogP contribution in [0.15, 0.2) is 18.2 Å². The van der Waals surface area contributed by atoms with Gasteiger partial charge >= 0.3 is 0 Å². The molecule has 0 amide bonds. The maximum atomic E-state index is 4.63. The van der Waals surface area contributed by atoms with Crippen molar-refractivity contribution in [2.45, 2.75) is 40.2 Å². The molecule has 0 saturated carbocycles. The summed E-state index contributed by atoms with van der Waals surface area (Å²) in [5.74, 6) is 2.62. The van der Waals surface area contributed by atoms with Crippen molar-refractivity contribution >= 4 is 11.6 Å². The molecule has 0 radical (unpaired) electrons. The molecule has 1 heterocycles. The van der Waals surface area contributed by atoms with Gasteiger partial charge < -0.3 is 10.2 Å². The zero-order chi connectivity index (χ0) is 12.8. The molecule has 0 aliphatic carbocycles. The molecule has 17 heavy (non-hydrogen) atoms. The lowest BCUT2D eigenvalue weighted by Crippen LogP contribution is -2.33. The van der Waals surface area contributed by atoms with E-state index >= 15 is 0 Å². The van der Waals surface area contributed by atoms with E-state index in [0.717, 1.165) is 24.6 Å². The number of anilines is 2. The fourth-order valence-corrected chi connectivity index (χ4v) is 1.63. The Labute approximate surface area is 105 Å². The summed E-state index contributed by atoms with van der Waals surface area (Å²) in [5.41, 5.74) is 0. The van der Waals surface area contributed by atoms with E-state index in [-0.39, 0.29) is 0 Å². The number of nitrogens with zero attached hydrogens (tertiary/aromatic N) is 2. The summed E-state index contributed by atoms with van der Waals surface area (Å²) in [5, 5.41) is 3.32. The van der Waals surface area contributed by atoms with Crippen LogP contribution in [0.25, 0.3) is 0 Å². The van der Waals surface area contributed by atoms with Crippen LogP contribution < -0.4 is 10.2 Å². The third-order valence-corrected chi connectivity index (χ3v) is 3.23. The second-order valence-corrected chi connectivity index (χ2v) is 4.90. The standard InChI is InChI=1S/C14H25N3/c1-6-10-15-13-8-7-9-14(16-13)17(5)12(4)11(2)3/h7-9,11-12H,6,10H2,1-5H3,(H,15,16). The van der Waals surface area contributed by atoms with E-state index in [2.05, 4.69) is 62.1 Å². The average molecular weight is 235 g/mol. The molecular weight excluding hydrogens is 210 g/mol. The fraction of sp³-hybridized carbons (Fsp3) is 0.643. The molecule has 0 fully saturated rings. The molecule has 1 atom stereocenters. The Balaban J connectivity index is 2.76. The normalized spacial score (nSPS) is 12.6. The third-order valence-electron chi connectivity index (χ3n) is 3.23. The molecule has 96 valence electrons. The molecule has 0 aliphatic rings. The third kappa shape index (κ3) is 3.91. The molecule has 1 unspecified atom stereocenters. The van der Waals surface area contributed by atoms with Gasteiger partial charge in [0.25, 0.3) is 0 Å². The second-order valence-electron chi connectivity index (χ2n) is 4.90. The van der Waals surface area contributed by atoms with Gasteiger partial charge in [-0.3, -0.25) is 0 Å². The van der Waals surface area contributed by atoms with Crippen molar-refractivity contribution in [1.29, 1.82) is 0 Å². The number of rotatable bonds is 6. The zero-order valence-corrected chi connectivity index (χ0v) is 11.7. The molecule has 3 heteroatoms. The van der Waals surface area contributed by atoms with Crippen LogP contribution in [0.2, 0.25) is 0 Å². The smallest absolute Gasteiger partial charge is 0.130 e. The van der Waals surface area contributed by atoms with Crippen molar-refractivity contribution < 1.29 is 0 Å². The molecule has 1 rings (SSSR count). The van der Waals surface area contributed by atoms with E-state index in [1.54, 1.807) is 0 Å². The molecule has 0 aliphatic heterocycles. The van der Waals surface area contributed by atoms with Crippen molar-refractivity contribution in [1.82, 2.24) is 4.98 Å². The van der Waals surface area contributed by atoms with Crippen LogP contribution in [0.5, 0.6) is 0 Å². The van der Waals surface area contributed by atoms with E-state index in [1.165, 1.54) is 0 Å². The summed E-state index contributed by atoms with van der Waals surface area (Å²) in [6, 6.07) is 6.64. The van der Waals surface area contributed by atoms with Gasteiger partial charge in [0.2, 0.25) is 0 Å². The summed E-state index contributed by atoms with van der Waals surface area (Å²) in [6.45, 7) is 9.84. The minimum Gasteiger partial charge on any atom is -0.370 e. The Kier molecular flexibility index (Phi) is 5.26.